The first-order valence-electron chi connectivity index (χ1n) is 9.49. The number of aromatic amines is 1. The van der Waals surface area contributed by atoms with Crippen molar-refractivity contribution in [2.45, 2.75) is 32.7 Å². The van der Waals surface area contributed by atoms with Crippen LogP contribution in [0.15, 0.2) is 30.5 Å². The van der Waals surface area contributed by atoms with Crippen molar-refractivity contribution in [2.24, 2.45) is 17.6 Å². The van der Waals surface area contributed by atoms with Gasteiger partial charge in [0.05, 0.1) is 5.02 Å². The topological polar surface area (TPSA) is 83.7 Å². The largest absolute Gasteiger partial charge is 0.356 e. The number of pyridine rings is 2. The maximum absolute atomic E-state index is 6.47. The lowest BCUT2D eigenvalue weighted by atomic mass is 9.86. The van der Waals surface area contributed by atoms with E-state index in [0.717, 1.165) is 48.5 Å². The van der Waals surface area contributed by atoms with Gasteiger partial charge in [0.15, 0.2) is 5.65 Å². The van der Waals surface area contributed by atoms with Gasteiger partial charge in [-0.05, 0) is 48.9 Å². The number of H-pyrrole nitrogens is 1. The lowest BCUT2D eigenvalue weighted by Crippen LogP contribution is -2.47. The van der Waals surface area contributed by atoms with Crippen molar-refractivity contribution in [3.63, 3.8) is 0 Å². The molecule has 1 aliphatic heterocycles. The van der Waals surface area contributed by atoms with Crippen LogP contribution in [-0.2, 0) is 0 Å². The van der Waals surface area contributed by atoms with E-state index in [4.69, 9.17) is 22.3 Å². The highest BCUT2D eigenvalue weighted by Crippen LogP contribution is 2.33. The van der Waals surface area contributed by atoms with E-state index in [1.807, 2.05) is 24.3 Å². The number of fused-ring (bicyclic) bond motifs is 1. The van der Waals surface area contributed by atoms with Crippen molar-refractivity contribution < 1.29 is 0 Å². The van der Waals surface area contributed by atoms with Gasteiger partial charge in [-0.15, -0.1) is 0 Å². The number of anilines is 1. The molecule has 3 aromatic heterocycles. The molecule has 0 radical (unpaired) electrons. The number of nitrogens with two attached hydrogens (primary N) is 1. The second kappa shape index (κ2) is 7.44. The maximum atomic E-state index is 6.47. The van der Waals surface area contributed by atoms with Gasteiger partial charge in [0.25, 0.3) is 0 Å². The van der Waals surface area contributed by atoms with Gasteiger partial charge >= 0.3 is 0 Å². The van der Waals surface area contributed by atoms with Crippen LogP contribution >= 0.6 is 11.6 Å². The summed E-state index contributed by atoms with van der Waals surface area (Å²) in [7, 11) is 0. The van der Waals surface area contributed by atoms with Crippen LogP contribution in [0.5, 0.6) is 0 Å². The molecule has 2 atom stereocenters. The molecule has 1 aliphatic rings. The molecule has 6 nitrogen and oxygen atoms in total. The minimum Gasteiger partial charge on any atom is -0.356 e. The average Bonchev–Trinajstić information content (AvgIpc) is 3.08. The molecular formula is C20H25ClN6. The number of hydrogen-bond acceptors (Lipinski definition) is 5. The first kappa shape index (κ1) is 18.2. The van der Waals surface area contributed by atoms with Crippen LogP contribution in [0.25, 0.3) is 22.4 Å². The molecule has 0 amide bonds. The second-order valence-corrected chi connectivity index (χ2v) is 8.17. The molecule has 0 aliphatic carbocycles. The molecule has 7 heteroatoms. The van der Waals surface area contributed by atoms with E-state index in [0.29, 0.717) is 22.6 Å². The summed E-state index contributed by atoms with van der Waals surface area (Å²) in [5.74, 6) is 2.04. The lowest BCUT2D eigenvalue weighted by Gasteiger charge is -2.38. The summed E-state index contributed by atoms with van der Waals surface area (Å²) in [6, 6.07) is 8.02. The summed E-state index contributed by atoms with van der Waals surface area (Å²) in [6.45, 7) is 6.34. The Bertz CT molecular complexity index is 937. The Hall–Kier alpha value is -2.18. The Balaban J connectivity index is 1.66. The minimum absolute atomic E-state index is 0.261. The zero-order valence-corrected chi connectivity index (χ0v) is 16.4. The molecule has 4 rings (SSSR count). The van der Waals surface area contributed by atoms with Gasteiger partial charge in [-0.1, -0.05) is 25.4 Å². The minimum atomic E-state index is 0.261. The SMILES string of the molecule is CC(C)C[C@@H]1CN(c2ccc(Cl)c(-c3n[nH]c4ncccc34)n2)CC[C@@H]1N. The number of nitrogens with one attached hydrogen (secondary N) is 1. The summed E-state index contributed by atoms with van der Waals surface area (Å²) in [6.07, 6.45) is 3.85. The molecule has 27 heavy (non-hydrogen) atoms. The van der Waals surface area contributed by atoms with Crippen LogP contribution in [0, 0.1) is 11.8 Å². The lowest BCUT2D eigenvalue weighted by molar-refractivity contribution is 0.303. The van der Waals surface area contributed by atoms with Gasteiger partial charge < -0.3 is 10.6 Å². The third-order valence-electron chi connectivity index (χ3n) is 5.28. The van der Waals surface area contributed by atoms with Gasteiger partial charge in [-0.3, -0.25) is 5.10 Å². The number of aromatic nitrogens is 4. The van der Waals surface area contributed by atoms with Crippen LogP contribution in [0.4, 0.5) is 5.82 Å². The number of hydrogen-bond donors (Lipinski definition) is 2. The fourth-order valence-electron chi connectivity index (χ4n) is 3.92. The van der Waals surface area contributed by atoms with Crippen molar-refractivity contribution in [3.8, 4) is 11.4 Å². The smallest absolute Gasteiger partial charge is 0.155 e. The molecule has 4 heterocycles. The van der Waals surface area contributed by atoms with Gasteiger partial charge in [0.1, 0.15) is 17.2 Å². The standard InChI is InChI=1S/C20H25ClN6/c1-12(2)10-13-11-27(9-7-16(13)22)17-6-5-15(21)19(24-17)18-14-4-3-8-23-20(14)26-25-18/h3-6,8,12-13,16H,7,9-11,22H2,1-2H3,(H,23,25,26)/t13-,16+/m1/s1. The Kier molecular flexibility index (Phi) is 5.02. The van der Waals surface area contributed by atoms with Crippen molar-refractivity contribution in [3.05, 3.63) is 35.5 Å². The molecule has 0 bridgehead atoms. The van der Waals surface area contributed by atoms with Crippen LogP contribution in [0.2, 0.25) is 5.02 Å². The van der Waals surface area contributed by atoms with E-state index in [-0.39, 0.29) is 6.04 Å². The van der Waals surface area contributed by atoms with E-state index in [2.05, 4.69) is 33.9 Å². The summed E-state index contributed by atoms with van der Waals surface area (Å²) in [5.41, 5.74) is 8.52. The van der Waals surface area contributed by atoms with Crippen LogP contribution in [-0.4, -0.2) is 39.3 Å². The normalized spacial score (nSPS) is 20.6. The highest BCUT2D eigenvalue weighted by molar-refractivity contribution is 6.33. The summed E-state index contributed by atoms with van der Waals surface area (Å²) in [4.78, 5) is 11.5. The number of halogens is 1. The summed E-state index contributed by atoms with van der Waals surface area (Å²) in [5, 5.41) is 8.87. The summed E-state index contributed by atoms with van der Waals surface area (Å²) >= 11 is 6.47. The third-order valence-corrected chi connectivity index (χ3v) is 5.59. The van der Waals surface area contributed by atoms with Crippen molar-refractivity contribution >= 4 is 28.5 Å². The van der Waals surface area contributed by atoms with Crippen molar-refractivity contribution in [1.82, 2.24) is 20.2 Å². The van der Waals surface area contributed by atoms with E-state index in [9.17, 15) is 0 Å². The Morgan fingerprint density at radius 1 is 1.30 bits per heavy atom. The molecule has 3 N–H and O–H groups in total. The van der Waals surface area contributed by atoms with E-state index in [1.165, 1.54) is 0 Å². The number of nitrogens with zero attached hydrogens (tertiary/aromatic N) is 4. The first-order valence-corrected chi connectivity index (χ1v) is 9.87. The monoisotopic (exact) mass is 384 g/mol. The molecule has 0 saturated carbocycles. The number of piperidine rings is 1. The maximum Gasteiger partial charge on any atom is 0.155 e. The molecule has 1 saturated heterocycles. The molecule has 0 spiro atoms. The van der Waals surface area contributed by atoms with Gasteiger partial charge in [0, 0.05) is 30.7 Å². The van der Waals surface area contributed by atoms with Crippen LogP contribution in [0.1, 0.15) is 26.7 Å². The van der Waals surface area contributed by atoms with Crippen molar-refractivity contribution in [1.29, 1.82) is 0 Å². The molecule has 0 aromatic carbocycles. The predicted molar refractivity (Wildman–Crippen MR) is 110 cm³/mol. The quantitative estimate of drug-likeness (QED) is 0.713. The third kappa shape index (κ3) is 3.64. The molecule has 1 fully saturated rings. The van der Waals surface area contributed by atoms with E-state index < -0.39 is 0 Å². The fraction of sp³-hybridized carbons (Fsp3) is 0.450. The highest BCUT2D eigenvalue weighted by atomic mass is 35.5. The predicted octanol–water partition coefficient (Wildman–Crippen LogP) is 3.87. The van der Waals surface area contributed by atoms with Gasteiger partial charge in [-0.25, -0.2) is 9.97 Å². The molecule has 142 valence electrons. The van der Waals surface area contributed by atoms with E-state index in [1.54, 1.807) is 6.20 Å². The average molecular weight is 385 g/mol. The van der Waals surface area contributed by atoms with Crippen LogP contribution < -0.4 is 10.6 Å². The Morgan fingerprint density at radius 3 is 2.96 bits per heavy atom. The zero-order chi connectivity index (χ0) is 19.0. The Morgan fingerprint density at radius 2 is 2.15 bits per heavy atom. The number of rotatable bonds is 4. The second-order valence-electron chi connectivity index (χ2n) is 7.76. The molecular weight excluding hydrogens is 360 g/mol. The first-order chi connectivity index (χ1) is 13.0. The highest BCUT2D eigenvalue weighted by Gasteiger charge is 2.28. The van der Waals surface area contributed by atoms with Crippen LogP contribution in [0.3, 0.4) is 0 Å². The van der Waals surface area contributed by atoms with Crippen molar-refractivity contribution in [2.75, 3.05) is 18.0 Å². The van der Waals surface area contributed by atoms with E-state index >= 15 is 0 Å². The fourth-order valence-corrected chi connectivity index (χ4v) is 4.12. The summed E-state index contributed by atoms with van der Waals surface area (Å²) < 4.78 is 0. The van der Waals surface area contributed by atoms with Gasteiger partial charge in [-0.2, -0.15) is 5.10 Å². The molecule has 3 aromatic rings. The zero-order valence-electron chi connectivity index (χ0n) is 15.7. The Labute approximate surface area is 164 Å². The van der Waals surface area contributed by atoms with Gasteiger partial charge in [0.2, 0.25) is 0 Å². The molecule has 0 unspecified atom stereocenters.